The molecule has 38 heavy (non-hydrogen) atoms. The molecule has 0 aliphatic carbocycles. The summed E-state index contributed by atoms with van der Waals surface area (Å²) in [5, 5.41) is 3.80. The van der Waals surface area contributed by atoms with Crippen LogP contribution in [0.15, 0.2) is 66.7 Å². The van der Waals surface area contributed by atoms with Gasteiger partial charge in [0.05, 0.1) is 11.7 Å². The molecule has 0 radical (unpaired) electrons. The minimum absolute atomic E-state index is 0.0725. The molecule has 6 heteroatoms. The molecule has 0 aromatic heterocycles. The summed E-state index contributed by atoms with van der Waals surface area (Å²) >= 11 is 6.47. The average Bonchev–Trinajstić information content (AvgIpc) is 2.89. The molecule has 0 fully saturated rings. The van der Waals surface area contributed by atoms with Crippen molar-refractivity contribution in [1.29, 1.82) is 0 Å². The van der Waals surface area contributed by atoms with Gasteiger partial charge in [-0.25, -0.2) is 4.79 Å². The van der Waals surface area contributed by atoms with Crippen LogP contribution in [0.2, 0.25) is 5.02 Å². The molecule has 3 amide bonds. The number of amides is 3. The first-order valence-electron chi connectivity index (χ1n) is 13.6. The molecule has 1 heterocycles. The molecule has 1 N–H and O–H groups in total. The van der Waals surface area contributed by atoms with Crippen LogP contribution < -0.4 is 10.2 Å². The fourth-order valence-corrected chi connectivity index (χ4v) is 5.42. The zero-order valence-electron chi connectivity index (χ0n) is 23.0. The van der Waals surface area contributed by atoms with E-state index in [1.165, 1.54) is 0 Å². The predicted molar refractivity (Wildman–Crippen MR) is 157 cm³/mol. The summed E-state index contributed by atoms with van der Waals surface area (Å²) in [6, 6.07) is 21.1. The lowest BCUT2D eigenvalue weighted by molar-refractivity contribution is -0.117. The largest absolute Gasteiger partial charge is 0.325 e. The highest BCUT2D eigenvalue weighted by molar-refractivity contribution is 6.30. The summed E-state index contributed by atoms with van der Waals surface area (Å²) in [5.74, 6) is 0.280. The summed E-state index contributed by atoms with van der Waals surface area (Å²) in [7, 11) is 0. The molecule has 4 rings (SSSR count). The Balaban J connectivity index is 1.76. The maximum Gasteiger partial charge on any atom is 0.325 e. The Bertz CT molecular complexity index is 1260. The summed E-state index contributed by atoms with van der Waals surface area (Å²) in [5.41, 5.74) is 5.77. The summed E-state index contributed by atoms with van der Waals surface area (Å²) < 4.78 is 0. The molecular formula is C32H38ClN3O2. The number of nitrogens with zero attached hydrogens (tertiary/aromatic N) is 2. The van der Waals surface area contributed by atoms with Crippen molar-refractivity contribution < 1.29 is 9.59 Å². The second-order valence-electron chi connectivity index (χ2n) is 10.6. The first-order chi connectivity index (χ1) is 18.2. The van der Waals surface area contributed by atoms with Crippen LogP contribution in [-0.4, -0.2) is 29.9 Å². The lowest BCUT2D eigenvalue weighted by Gasteiger charge is -2.43. The van der Waals surface area contributed by atoms with E-state index in [0.717, 1.165) is 46.5 Å². The van der Waals surface area contributed by atoms with E-state index in [0.29, 0.717) is 11.6 Å². The van der Waals surface area contributed by atoms with Crippen molar-refractivity contribution in [2.75, 3.05) is 23.3 Å². The number of hydrogen-bond acceptors (Lipinski definition) is 2. The van der Waals surface area contributed by atoms with Gasteiger partial charge in [0, 0.05) is 22.8 Å². The number of hydrogen-bond donors (Lipinski definition) is 1. The third-order valence-corrected chi connectivity index (χ3v) is 7.40. The minimum atomic E-state index is -0.425. The van der Waals surface area contributed by atoms with E-state index in [4.69, 9.17) is 11.6 Å². The second kappa shape index (κ2) is 12.0. The third-order valence-electron chi connectivity index (χ3n) is 7.17. The van der Waals surface area contributed by atoms with Crippen LogP contribution in [-0.2, 0) is 4.79 Å². The van der Waals surface area contributed by atoms with Crippen molar-refractivity contribution in [3.8, 4) is 0 Å². The molecule has 3 aromatic rings. The van der Waals surface area contributed by atoms with Gasteiger partial charge in [-0.3, -0.25) is 9.69 Å². The number of carbonyl (C=O) groups excluding carboxylic acids is 2. The third kappa shape index (κ3) is 5.73. The van der Waals surface area contributed by atoms with Crippen LogP contribution in [0.25, 0.3) is 0 Å². The first kappa shape index (κ1) is 27.7. The molecular weight excluding hydrogens is 494 g/mol. The maximum atomic E-state index is 14.0. The molecule has 0 spiro atoms. The van der Waals surface area contributed by atoms with E-state index in [-0.39, 0.29) is 30.3 Å². The van der Waals surface area contributed by atoms with Crippen molar-refractivity contribution in [3.63, 3.8) is 0 Å². The smallest absolute Gasteiger partial charge is 0.324 e. The Morgan fingerprint density at radius 2 is 1.61 bits per heavy atom. The molecule has 0 bridgehead atoms. The Morgan fingerprint density at radius 1 is 0.947 bits per heavy atom. The molecule has 0 saturated carbocycles. The molecule has 3 aromatic carbocycles. The summed E-state index contributed by atoms with van der Waals surface area (Å²) in [6.07, 6.45) is 1.82. The monoisotopic (exact) mass is 531 g/mol. The minimum Gasteiger partial charge on any atom is -0.324 e. The molecule has 0 saturated heterocycles. The van der Waals surface area contributed by atoms with Crippen molar-refractivity contribution >= 4 is 34.9 Å². The normalized spacial score (nSPS) is 15.3. The number of fused-ring (bicyclic) bond motifs is 1. The number of rotatable bonds is 9. The highest BCUT2D eigenvalue weighted by Crippen LogP contribution is 2.42. The van der Waals surface area contributed by atoms with Gasteiger partial charge in [-0.2, -0.15) is 0 Å². The zero-order chi connectivity index (χ0) is 27.4. The number of para-hydroxylation sites is 1. The van der Waals surface area contributed by atoms with E-state index in [1.807, 2.05) is 54.6 Å². The second-order valence-corrected chi connectivity index (χ2v) is 11.0. The molecule has 1 unspecified atom stereocenters. The van der Waals surface area contributed by atoms with Crippen molar-refractivity contribution in [2.24, 2.45) is 0 Å². The molecule has 5 nitrogen and oxygen atoms in total. The van der Waals surface area contributed by atoms with E-state index < -0.39 is 6.04 Å². The Labute approximate surface area is 231 Å². The fourth-order valence-electron chi connectivity index (χ4n) is 5.24. The van der Waals surface area contributed by atoms with Crippen LogP contribution in [0.1, 0.15) is 87.6 Å². The number of nitrogens with one attached hydrogen (secondary N) is 1. The van der Waals surface area contributed by atoms with Gasteiger partial charge in [-0.1, -0.05) is 101 Å². The highest BCUT2D eigenvalue weighted by Gasteiger charge is 2.39. The number of benzene rings is 3. The summed E-state index contributed by atoms with van der Waals surface area (Å²) in [6.45, 7) is 11.1. The number of halogens is 1. The fraction of sp³-hybridized carbons (Fsp3) is 0.375. The number of urea groups is 1. The predicted octanol–water partition coefficient (Wildman–Crippen LogP) is 8.36. The van der Waals surface area contributed by atoms with Gasteiger partial charge in [-0.05, 0) is 53.1 Å². The average molecular weight is 532 g/mol. The van der Waals surface area contributed by atoms with E-state index >= 15 is 0 Å². The molecule has 1 aliphatic heterocycles. The number of carbonyl (C=O) groups is 2. The topological polar surface area (TPSA) is 52.7 Å². The Hall–Kier alpha value is -3.31. The lowest BCUT2D eigenvalue weighted by Crippen LogP contribution is -2.52. The number of unbranched alkanes of at least 4 members (excludes halogenated alkanes) is 1. The van der Waals surface area contributed by atoms with Crippen LogP contribution >= 0.6 is 11.6 Å². The van der Waals surface area contributed by atoms with Crippen LogP contribution in [0.3, 0.4) is 0 Å². The quantitative estimate of drug-likeness (QED) is 0.301. The van der Waals surface area contributed by atoms with Gasteiger partial charge in [0.2, 0.25) is 5.91 Å². The molecule has 1 aliphatic rings. The van der Waals surface area contributed by atoms with Gasteiger partial charge in [0.1, 0.15) is 6.54 Å². The van der Waals surface area contributed by atoms with E-state index in [9.17, 15) is 9.59 Å². The SMILES string of the molecule is CCCCN1C(=O)N(CC(=O)Nc2c(C(C)C)cccc2C(C)C)C(c2ccccc2)c2cc(Cl)ccc21. The van der Waals surface area contributed by atoms with Crippen LogP contribution in [0.5, 0.6) is 0 Å². The highest BCUT2D eigenvalue weighted by atomic mass is 35.5. The Morgan fingerprint density at radius 3 is 2.21 bits per heavy atom. The Kier molecular flexibility index (Phi) is 8.78. The van der Waals surface area contributed by atoms with Crippen molar-refractivity contribution in [2.45, 2.75) is 65.3 Å². The lowest BCUT2D eigenvalue weighted by atomic mass is 9.92. The van der Waals surface area contributed by atoms with E-state index in [2.05, 4.69) is 52.1 Å². The van der Waals surface area contributed by atoms with Crippen molar-refractivity contribution in [3.05, 3.63) is 94.0 Å². The van der Waals surface area contributed by atoms with Gasteiger partial charge in [-0.15, -0.1) is 0 Å². The molecule has 200 valence electrons. The standard InChI is InChI=1S/C32H38ClN3O2/c1-6-7-18-35-28-17-16-24(33)19-27(28)31(23-12-9-8-10-13-23)36(32(35)38)20-29(37)34-30-25(21(2)3)14-11-15-26(30)22(4)5/h8-17,19,21-22,31H,6-7,18,20H2,1-5H3,(H,34,37). The van der Waals surface area contributed by atoms with Gasteiger partial charge in [0.15, 0.2) is 0 Å². The number of anilines is 2. The zero-order valence-corrected chi connectivity index (χ0v) is 23.8. The van der Waals surface area contributed by atoms with Gasteiger partial charge < -0.3 is 10.2 Å². The van der Waals surface area contributed by atoms with Crippen LogP contribution in [0, 0.1) is 0 Å². The van der Waals surface area contributed by atoms with Crippen LogP contribution in [0.4, 0.5) is 16.2 Å². The van der Waals surface area contributed by atoms with Crippen molar-refractivity contribution in [1.82, 2.24) is 4.90 Å². The molecule has 1 atom stereocenters. The van der Waals surface area contributed by atoms with Gasteiger partial charge in [0.25, 0.3) is 0 Å². The van der Waals surface area contributed by atoms with E-state index in [1.54, 1.807) is 9.80 Å². The maximum absolute atomic E-state index is 14.0. The van der Waals surface area contributed by atoms with Gasteiger partial charge >= 0.3 is 6.03 Å². The first-order valence-corrected chi connectivity index (χ1v) is 14.0. The summed E-state index contributed by atoms with van der Waals surface area (Å²) in [4.78, 5) is 31.2.